The lowest BCUT2D eigenvalue weighted by atomic mass is 9.44. The van der Waals surface area contributed by atoms with Gasteiger partial charge in [0.05, 0.1) is 0 Å². The van der Waals surface area contributed by atoms with E-state index in [1.807, 2.05) is 0 Å². The number of carbonyl (C=O) groups excluding carboxylic acids is 1. The smallest absolute Gasteiger partial charge is 0.320 e. The number of hydrogen-bond donors (Lipinski definition) is 3. The SMILES string of the molecule is CC(=O)[C@H]1CC[C@H]2[C@@H]3CC[C@H]4C[C@@H](CC(N[C@@H](C)C(=O)O)C(=O)O)CC[C@]4(C)[C@H]3CC[C@]12C. The molecule has 33 heavy (non-hydrogen) atoms. The summed E-state index contributed by atoms with van der Waals surface area (Å²) in [5.74, 6) is 1.76. The van der Waals surface area contributed by atoms with Gasteiger partial charge in [-0.05, 0) is 118 Å². The van der Waals surface area contributed by atoms with Gasteiger partial charge in [-0.2, -0.15) is 0 Å². The van der Waals surface area contributed by atoms with Crippen LogP contribution in [-0.2, 0) is 14.4 Å². The van der Waals surface area contributed by atoms with Gasteiger partial charge in [0.2, 0.25) is 0 Å². The lowest BCUT2D eigenvalue weighted by Gasteiger charge is -2.61. The van der Waals surface area contributed by atoms with Crippen LogP contribution >= 0.6 is 0 Å². The van der Waals surface area contributed by atoms with Gasteiger partial charge < -0.3 is 10.2 Å². The summed E-state index contributed by atoms with van der Waals surface area (Å²) < 4.78 is 0. The van der Waals surface area contributed by atoms with Crippen molar-refractivity contribution in [3.05, 3.63) is 0 Å². The molecular formula is C27H43NO5. The van der Waals surface area contributed by atoms with Gasteiger partial charge in [0, 0.05) is 5.92 Å². The van der Waals surface area contributed by atoms with Crippen LogP contribution < -0.4 is 5.32 Å². The number of carbonyl (C=O) groups is 3. The van der Waals surface area contributed by atoms with Crippen molar-refractivity contribution in [3.8, 4) is 0 Å². The minimum atomic E-state index is -1.01. The molecule has 4 fully saturated rings. The lowest BCUT2D eigenvalue weighted by Crippen LogP contribution is -2.54. The first-order valence-corrected chi connectivity index (χ1v) is 13.2. The Kier molecular flexibility index (Phi) is 6.71. The van der Waals surface area contributed by atoms with E-state index < -0.39 is 24.0 Å². The number of ketones is 1. The minimum Gasteiger partial charge on any atom is -0.480 e. The molecule has 1 unspecified atom stereocenters. The van der Waals surface area contributed by atoms with Crippen LogP contribution in [0.25, 0.3) is 0 Å². The molecule has 0 aromatic rings. The molecule has 0 saturated heterocycles. The molecular weight excluding hydrogens is 418 g/mol. The molecule has 0 aromatic heterocycles. The Labute approximate surface area is 198 Å². The van der Waals surface area contributed by atoms with E-state index in [0.29, 0.717) is 35.4 Å². The van der Waals surface area contributed by atoms with Crippen molar-refractivity contribution >= 4 is 17.7 Å². The van der Waals surface area contributed by atoms with E-state index in [2.05, 4.69) is 19.2 Å². The summed E-state index contributed by atoms with van der Waals surface area (Å²) in [5.41, 5.74) is 0.504. The summed E-state index contributed by atoms with van der Waals surface area (Å²) in [7, 11) is 0. The lowest BCUT2D eigenvalue weighted by molar-refractivity contribution is -0.143. The number of carboxylic acid groups (broad SMARTS) is 2. The standard InChI is InChI=1S/C27H43NO5/c1-15(24(30)31)28-23(25(32)33)14-17-9-11-26(3)18(13-17)5-6-19-21-8-7-20(16(2)29)27(21,4)12-10-22(19)26/h15,17-23,28H,5-14H2,1-4H3,(H,30,31)(H,32,33)/t15-,17-,18-,19-,20+,21-,22-,23?,26-,27+/m0/s1. The van der Waals surface area contributed by atoms with E-state index in [4.69, 9.17) is 0 Å². The molecule has 0 amide bonds. The summed E-state index contributed by atoms with van der Waals surface area (Å²) in [6, 6.07) is -1.67. The number of rotatable bonds is 7. The average molecular weight is 462 g/mol. The molecule has 3 N–H and O–H groups in total. The number of carboxylic acids is 2. The predicted octanol–water partition coefficient (Wildman–Crippen LogP) is 4.76. The second-order valence-corrected chi connectivity index (χ2v) is 12.4. The molecule has 0 bridgehead atoms. The van der Waals surface area contributed by atoms with Crippen molar-refractivity contribution in [2.24, 2.45) is 46.3 Å². The number of fused-ring (bicyclic) bond motifs is 5. The monoisotopic (exact) mass is 461 g/mol. The fourth-order valence-electron chi connectivity index (χ4n) is 9.18. The summed E-state index contributed by atoms with van der Waals surface area (Å²) in [6.07, 6.45) is 10.9. The highest BCUT2D eigenvalue weighted by Gasteiger charge is 2.60. The molecule has 0 aliphatic heterocycles. The van der Waals surface area contributed by atoms with Crippen molar-refractivity contribution in [1.29, 1.82) is 0 Å². The molecule has 10 atom stereocenters. The molecule has 4 aliphatic carbocycles. The van der Waals surface area contributed by atoms with Crippen LogP contribution in [0.2, 0.25) is 0 Å². The summed E-state index contributed by atoms with van der Waals surface area (Å²) in [4.78, 5) is 35.3. The Morgan fingerprint density at radius 3 is 2.21 bits per heavy atom. The first kappa shape index (κ1) is 24.7. The van der Waals surface area contributed by atoms with Crippen LogP contribution in [0.15, 0.2) is 0 Å². The van der Waals surface area contributed by atoms with E-state index in [1.165, 1.54) is 39.0 Å². The maximum atomic E-state index is 12.4. The summed E-state index contributed by atoms with van der Waals surface area (Å²) in [6.45, 7) is 8.20. The molecule has 0 radical (unpaired) electrons. The highest BCUT2D eigenvalue weighted by atomic mass is 16.4. The highest BCUT2D eigenvalue weighted by Crippen LogP contribution is 2.67. The zero-order chi connectivity index (χ0) is 24.1. The summed E-state index contributed by atoms with van der Waals surface area (Å²) >= 11 is 0. The van der Waals surface area contributed by atoms with Gasteiger partial charge in [0.15, 0.2) is 0 Å². The van der Waals surface area contributed by atoms with Gasteiger partial charge in [-0.15, -0.1) is 0 Å². The van der Waals surface area contributed by atoms with Crippen LogP contribution in [0.3, 0.4) is 0 Å². The van der Waals surface area contributed by atoms with E-state index in [9.17, 15) is 24.6 Å². The molecule has 0 heterocycles. The molecule has 6 heteroatoms. The maximum absolute atomic E-state index is 12.4. The second-order valence-electron chi connectivity index (χ2n) is 12.4. The number of hydrogen-bond acceptors (Lipinski definition) is 4. The van der Waals surface area contributed by atoms with Crippen molar-refractivity contribution in [2.75, 3.05) is 0 Å². The predicted molar refractivity (Wildman–Crippen MR) is 126 cm³/mol. The Balaban J connectivity index is 1.44. The fraction of sp³-hybridized carbons (Fsp3) is 0.889. The number of aliphatic carboxylic acids is 2. The van der Waals surface area contributed by atoms with Crippen molar-refractivity contribution in [2.45, 2.75) is 104 Å². The third-order valence-corrected chi connectivity index (χ3v) is 11.0. The Morgan fingerprint density at radius 1 is 0.909 bits per heavy atom. The number of Topliss-reactive ketones (excluding diaryl/α,β-unsaturated/α-hetero) is 1. The molecule has 6 nitrogen and oxygen atoms in total. The summed E-state index contributed by atoms with van der Waals surface area (Å²) in [5, 5.41) is 21.6. The molecule has 0 spiro atoms. The normalized spacial score (nSPS) is 44.1. The van der Waals surface area contributed by atoms with Gasteiger partial charge in [0.25, 0.3) is 0 Å². The first-order chi connectivity index (χ1) is 15.5. The van der Waals surface area contributed by atoms with Gasteiger partial charge in [-0.3, -0.25) is 19.7 Å². The van der Waals surface area contributed by atoms with Gasteiger partial charge in [0.1, 0.15) is 17.9 Å². The quantitative estimate of drug-likeness (QED) is 0.505. The fourth-order valence-corrected chi connectivity index (χ4v) is 9.18. The zero-order valence-corrected chi connectivity index (χ0v) is 20.8. The van der Waals surface area contributed by atoms with Crippen LogP contribution in [0.4, 0.5) is 0 Å². The van der Waals surface area contributed by atoms with Gasteiger partial charge in [-0.25, -0.2) is 0 Å². The molecule has 4 saturated carbocycles. The van der Waals surface area contributed by atoms with Crippen LogP contribution in [0, 0.1) is 46.3 Å². The van der Waals surface area contributed by atoms with Crippen LogP contribution in [0.5, 0.6) is 0 Å². The van der Waals surface area contributed by atoms with Crippen molar-refractivity contribution < 1.29 is 24.6 Å². The first-order valence-electron chi connectivity index (χ1n) is 13.2. The van der Waals surface area contributed by atoms with Crippen molar-refractivity contribution in [3.63, 3.8) is 0 Å². The molecule has 0 aromatic carbocycles. The topological polar surface area (TPSA) is 104 Å². The second kappa shape index (κ2) is 8.98. The molecule has 4 rings (SSSR count). The van der Waals surface area contributed by atoms with E-state index in [1.54, 1.807) is 6.92 Å². The zero-order valence-electron chi connectivity index (χ0n) is 20.8. The largest absolute Gasteiger partial charge is 0.480 e. The van der Waals surface area contributed by atoms with Crippen LogP contribution in [0.1, 0.15) is 91.9 Å². The Morgan fingerprint density at radius 2 is 1.58 bits per heavy atom. The van der Waals surface area contributed by atoms with Crippen LogP contribution in [-0.4, -0.2) is 40.0 Å². The van der Waals surface area contributed by atoms with E-state index >= 15 is 0 Å². The molecule has 186 valence electrons. The molecule has 4 aliphatic rings. The van der Waals surface area contributed by atoms with Gasteiger partial charge >= 0.3 is 11.9 Å². The Hall–Kier alpha value is -1.43. The van der Waals surface area contributed by atoms with Gasteiger partial charge in [-0.1, -0.05) is 13.8 Å². The minimum absolute atomic E-state index is 0.189. The number of nitrogens with one attached hydrogen (secondary N) is 1. The highest BCUT2D eigenvalue weighted by molar-refractivity contribution is 5.79. The van der Waals surface area contributed by atoms with E-state index in [-0.39, 0.29) is 11.3 Å². The average Bonchev–Trinajstić information content (AvgIpc) is 3.10. The Bertz CT molecular complexity index is 797. The third kappa shape index (κ3) is 4.26. The van der Waals surface area contributed by atoms with Crippen molar-refractivity contribution in [1.82, 2.24) is 5.32 Å². The van der Waals surface area contributed by atoms with E-state index in [0.717, 1.165) is 37.5 Å². The maximum Gasteiger partial charge on any atom is 0.320 e. The third-order valence-electron chi connectivity index (χ3n) is 11.0.